The van der Waals surface area contributed by atoms with Gasteiger partial charge in [0.25, 0.3) is 5.69 Å². The second kappa shape index (κ2) is 6.56. The Bertz CT molecular complexity index is 537. The molecule has 6 heteroatoms. The Labute approximate surface area is 124 Å². The van der Waals surface area contributed by atoms with E-state index in [2.05, 4.69) is 10.2 Å². The van der Waals surface area contributed by atoms with E-state index in [-0.39, 0.29) is 16.5 Å². The molecule has 0 aliphatic carbocycles. The summed E-state index contributed by atoms with van der Waals surface area (Å²) in [7, 11) is 1.66. The third-order valence-electron chi connectivity index (χ3n) is 4.10. The molecule has 1 aromatic rings. The number of nitro groups is 1. The van der Waals surface area contributed by atoms with E-state index < -0.39 is 0 Å². The van der Waals surface area contributed by atoms with Crippen LogP contribution in [0.4, 0.5) is 11.4 Å². The number of nitro benzene ring substituents is 1. The Hall–Kier alpha value is -2.11. The number of carbonyl (C=O) groups is 1. The van der Waals surface area contributed by atoms with Crippen LogP contribution in [0.5, 0.6) is 0 Å². The first-order valence-corrected chi connectivity index (χ1v) is 7.22. The van der Waals surface area contributed by atoms with Crippen LogP contribution in [0, 0.1) is 23.0 Å². The smallest absolute Gasteiger partial charge is 0.269 e. The maximum absolute atomic E-state index is 11.4. The first-order valence-electron chi connectivity index (χ1n) is 7.22. The van der Waals surface area contributed by atoms with Crippen molar-refractivity contribution in [2.45, 2.75) is 26.2 Å². The highest BCUT2D eigenvalue weighted by Crippen LogP contribution is 2.29. The highest BCUT2D eigenvalue weighted by molar-refractivity contribution is 5.75. The molecule has 1 N–H and O–H groups in total. The zero-order valence-electron chi connectivity index (χ0n) is 12.5. The van der Waals surface area contributed by atoms with Crippen LogP contribution >= 0.6 is 0 Å². The van der Waals surface area contributed by atoms with Crippen LogP contribution in [0.2, 0.25) is 0 Å². The fraction of sp³-hybridized carbons (Fsp3) is 0.533. The Kier molecular flexibility index (Phi) is 4.77. The number of benzene rings is 1. The minimum Gasteiger partial charge on any atom is -0.371 e. The summed E-state index contributed by atoms with van der Waals surface area (Å²) in [5, 5.41) is 13.4. The van der Waals surface area contributed by atoms with E-state index >= 15 is 0 Å². The van der Waals surface area contributed by atoms with Crippen molar-refractivity contribution in [3.05, 3.63) is 33.9 Å². The number of anilines is 1. The molecule has 0 bridgehead atoms. The van der Waals surface area contributed by atoms with Crippen LogP contribution < -0.4 is 10.2 Å². The molecule has 1 aliphatic heterocycles. The number of carbonyl (C=O) groups excluding carboxylic acids is 1. The van der Waals surface area contributed by atoms with Crippen molar-refractivity contribution in [1.29, 1.82) is 0 Å². The molecule has 1 saturated heterocycles. The molecular weight excluding hydrogens is 270 g/mol. The maximum Gasteiger partial charge on any atom is 0.269 e. The molecule has 0 spiro atoms. The van der Waals surface area contributed by atoms with E-state index in [0.717, 1.165) is 37.2 Å². The summed E-state index contributed by atoms with van der Waals surface area (Å²) < 4.78 is 0. The van der Waals surface area contributed by atoms with Gasteiger partial charge in [-0.25, -0.2) is 0 Å². The van der Waals surface area contributed by atoms with Gasteiger partial charge in [0.2, 0.25) is 5.91 Å². The molecule has 1 amide bonds. The summed E-state index contributed by atoms with van der Waals surface area (Å²) in [6.45, 7) is 3.68. The number of nitrogens with zero attached hydrogens (tertiary/aromatic N) is 2. The normalized spacial score (nSPS) is 15.8. The number of rotatable bonds is 4. The van der Waals surface area contributed by atoms with Crippen LogP contribution in [0.3, 0.4) is 0 Å². The third kappa shape index (κ3) is 3.71. The first kappa shape index (κ1) is 15.3. The monoisotopic (exact) mass is 291 g/mol. The Morgan fingerprint density at radius 3 is 2.62 bits per heavy atom. The number of nitrogens with one attached hydrogen (secondary N) is 1. The summed E-state index contributed by atoms with van der Waals surface area (Å²) in [6, 6.07) is 5.00. The van der Waals surface area contributed by atoms with E-state index in [0.29, 0.717) is 12.3 Å². The first-order chi connectivity index (χ1) is 10.0. The van der Waals surface area contributed by atoms with Crippen LogP contribution in [0.1, 0.15) is 24.8 Å². The molecule has 1 aromatic carbocycles. The molecule has 0 aromatic heterocycles. The Morgan fingerprint density at radius 2 is 2.10 bits per heavy atom. The highest BCUT2D eigenvalue weighted by Gasteiger charge is 2.22. The summed E-state index contributed by atoms with van der Waals surface area (Å²) in [5.41, 5.74) is 2.11. The third-order valence-corrected chi connectivity index (χ3v) is 4.10. The average molecular weight is 291 g/mol. The SMILES string of the molecule is CNC(=O)CC1CCN(c2ccc([N+](=O)[O-])cc2C)CC1. The van der Waals surface area contributed by atoms with Crippen LogP contribution in [0.25, 0.3) is 0 Å². The van der Waals surface area contributed by atoms with Gasteiger partial charge < -0.3 is 10.2 Å². The van der Waals surface area contributed by atoms with Crippen LogP contribution in [-0.2, 0) is 4.79 Å². The van der Waals surface area contributed by atoms with Crippen molar-refractivity contribution in [2.24, 2.45) is 5.92 Å². The summed E-state index contributed by atoms with van der Waals surface area (Å²) in [5.74, 6) is 0.527. The van der Waals surface area contributed by atoms with E-state index in [9.17, 15) is 14.9 Å². The fourth-order valence-electron chi connectivity index (χ4n) is 2.85. The van der Waals surface area contributed by atoms with Gasteiger partial charge in [0.1, 0.15) is 0 Å². The number of hydrogen-bond donors (Lipinski definition) is 1. The number of piperidine rings is 1. The lowest BCUT2D eigenvalue weighted by Crippen LogP contribution is -2.35. The zero-order valence-corrected chi connectivity index (χ0v) is 12.5. The van der Waals surface area contributed by atoms with Gasteiger partial charge in [0.05, 0.1) is 4.92 Å². The van der Waals surface area contributed by atoms with Crippen molar-refractivity contribution in [2.75, 3.05) is 25.0 Å². The molecule has 1 heterocycles. The lowest BCUT2D eigenvalue weighted by atomic mass is 9.92. The molecule has 2 rings (SSSR count). The molecular formula is C15H21N3O3. The highest BCUT2D eigenvalue weighted by atomic mass is 16.6. The van der Waals surface area contributed by atoms with E-state index in [1.807, 2.05) is 13.0 Å². The van der Waals surface area contributed by atoms with Crippen molar-refractivity contribution in [3.8, 4) is 0 Å². The molecule has 6 nitrogen and oxygen atoms in total. The molecule has 0 unspecified atom stereocenters. The standard InChI is InChI=1S/C15H21N3O3/c1-11-9-13(18(20)21)3-4-14(11)17-7-5-12(6-8-17)10-15(19)16-2/h3-4,9,12H,5-8,10H2,1-2H3,(H,16,19). The fourth-order valence-corrected chi connectivity index (χ4v) is 2.85. The van der Waals surface area contributed by atoms with E-state index in [1.54, 1.807) is 19.2 Å². The van der Waals surface area contributed by atoms with Crippen LogP contribution in [-0.4, -0.2) is 31.0 Å². The van der Waals surface area contributed by atoms with Gasteiger partial charge in [-0.1, -0.05) is 0 Å². The average Bonchev–Trinajstić information content (AvgIpc) is 2.48. The van der Waals surface area contributed by atoms with Gasteiger partial charge in [0.15, 0.2) is 0 Å². The Balaban J connectivity index is 1.99. The van der Waals surface area contributed by atoms with Gasteiger partial charge in [-0.3, -0.25) is 14.9 Å². The molecule has 1 aliphatic rings. The lowest BCUT2D eigenvalue weighted by Gasteiger charge is -2.34. The summed E-state index contributed by atoms with van der Waals surface area (Å²) in [6.07, 6.45) is 2.54. The second-order valence-corrected chi connectivity index (χ2v) is 5.54. The summed E-state index contributed by atoms with van der Waals surface area (Å²) >= 11 is 0. The van der Waals surface area contributed by atoms with Gasteiger partial charge in [-0.15, -0.1) is 0 Å². The summed E-state index contributed by atoms with van der Waals surface area (Å²) in [4.78, 5) is 24.0. The van der Waals surface area contributed by atoms with Crippen molar-refractivity contribution in [3.63, 3.8) is 0 Å². The predicted molar refractivity (Wildman–Crippen MR) is 81.5 cm³/mol. The van der Waals surface area contributed by atoms with Gasteiger partial charge in [-0.2, -0.15) is 0 Å². The molecule has 0 atom stereocenters. The van der Waals surface area contributed by atoms with Crippen LogP contribution in [0.15, 0.2) is 18.2 Å². The van der Waals surface area contributed by atoms with Crippen molar-refractivity contribution in [1.82, 2.24) is 5.32 Å². The van der Waals surface area contributed by atoms with Crippen molar-refractivity contribution < 1.29 is 9.72 Å². The quantitative estimate of drug-likeness (QED) is 0.682. The van der Waals surface area contributed by atoms with E-state index in [1.165, 1.54) is 0 Å². The minimum atomic E-state index is -0.369. The van der Waals surface area contributed by atoms with Gasteiger partial charge in [0, 0.05) is 44.4 Å². The Morgan fingerprint density at radius 1 is 1.43 bits per heavy atom. The van der Waals surface area contributed by atoms with Crippen molar-refractivity contribution >= 4 is 17.3 Å². The number of hydrogen-bond acceptors (Lipinski definition) is 4. The topological polar surface area (TPSA) is 75.5 Å². The minimum absolute atomic E-state index is 0.0972. The molecule has 0 saturated carbocycles. The molecule has 114 valence electrons. The zero-order chi connectivity index (χ0) is 15.4. The van der Waals surface area contributed by atoms with E-state index in [4.69, 9.17) is 0 Å². The molecule has 1 fully saturated rings. The number of aryl methyl sites for hydroxylation is 1. The lowest BCUT2D eigenvalue weighted by molar-refractivity contribution is -0.384. The largest absolute Gasteiger partial charge is 0.371 e. The number of amides is 1. The van der Waals surface area contributed by atoms with Gasteiger partial charge in [-0.05, 0) is 37.3 Å². The maximum atomic E-state index is 11.4. The second-order valence-electron chi connectivity index (χ2n) is 5.54. The van der Waals surface area contributed by atoms with Gasteiger partial charge >= 0.3 is 0 Å². The molecule has 21 heavy (non-hydrogen) atoms. The molecule has 0 radical (unpaired) electrons. The number of non-ortho nitro benzene ring substituents is 1. The predicted octanol–water partition coefficient (Wildman–Crippen LogP) is 2.26.